The van der Waals surface area contributed by atoms with Gasteiger partial charge in [0.25, 0.3) is 0 Å². The van der Waals surface area contributed by atoms with E-state index in [0.717, 1.165) is 12.8 Å². The number of methoxy groups -OCH3 is 2. The van der Waals surface area contributed by atoms with Gasteiger partial charge in [-0.25, -0.2) is 0 Å². The van der Waals surface area contributed by atoms with Crippen molar-refractivity contribution in [2.75, 3.05) is 33.9 Å². The second-order valence-corrected chi connectivity index (χ2v) is 4.24. The molecule has 0 aromatic carbocycles. The van der Waals surface area contributed by atoms with Crippen molar-refractivity contribution in [2.24, 2.45) is 5.92 Å². The third kappa shape index (κ3) is 4.33. The summed E-state index contributed by atoms with van der Waals surface area (Å²) >= 11 is 0. The van der Waals surface area contributed by atoms with Gasteiger partial charge in [-0.05, 0) is 18.8 Å². The fourth-order valence-corrected chi connectivity index (χ4v) is 1.96. The summed E-state index contributed by atoms with van der Waals surface area (Å²) in [6.45, 7) is 1.82. The van der Waals surface area contributed by atoms with Gasteiger partial charge in [0.2, 0.25) is 0 Å². The summed E-state index contributed by atoms with van der Waals surface area (Å²) < 4.78 is 9.89. The van der Waals surface area contributed by atoms with Crippen LogP contribution in [-0.4, -0.2) is 50.8 Å². The number of nitrogens with zero attached hydrogens (tertiary/aromatic N) is 2. The Morgan fingerprint density at radius 1 is 1.47 bits per heavy atom. The van der Waals surface area contributed by atoms with Gasteiger partial charge in [0.05, 0.1) is 19.8 Å². The predicted octanol–water partition coefficient (Wildman–Crippen LogP) is 0.800. The minimum Gasteiger partial charge on any atom is -0.468 e. The lowest BCUT2D eigenvalue weighted by Crippen LogP contribution is -2.45. The lowest BCUT2D eigenvalue weighted by Gasteiger charge is -2.28. The van der Waals surface area contributed by atoms with Gasteiger partial charge in [-0.1, -0.05) is 0 Å². The van der Waals surface area contributed by atoms with E-state index < -0.39 is 0 Å². The summed E-state index contributed by atoms with van der Waals surface area (Å²) in [5, 5.41) is 8.65. The molecule has 5 nitrogen and oxygen atoms in total. The molecule has 0 saturated heterocycles. The molecule has 0 amide bonds. The Labute approximate surface area is 102 Å². The number of rotatable bonds is 8. The maximum Gasteiger partial charge on any atom is 0.323 e. The summed E-state index contributed by atoms with van der Waals surface area (Å²) in [7, 11) is 3.04. The fraction of sp³-hybridized carbons (Fsp3) is 0.833. The number of carbonyl (C=O) groups is 1. The molecule has 0 bridgehead atoms. The smallest absolute Gasteiger partial charge is 0.323 e. The van der Waals surface area contributed by atoms with Gasteiger partial charge < -0.3 is 9.47 Å². The lowest BCUT2D eigenvalue weighted by molar-refractivity contribution is -0.148. The van der Waals surface area contributed by atoms with E-state index in [0.29, 0.717) is 32.0 Å². The van der Waals surface area contributed by atoms with Crippen molar-refractivity contribution < 1.29 is 14.3 Å². The van der Waals surface area contributed by atoms with Gasteiger partial charge in [-0.3, -0.25) is 9.69 Å². The van der Waals surface area contributed by atoms with Gasteiger partial charge in [-0.2, -0.15) is 5.26 Å². The quantitative estimate of drug-likeness (QED) is 0.587. The van der Waals surface area contributed by atoms with Gasteiger partial charge in [0, 0.05) is 26.6 Å². The molecule has 0 aromatic heterocycles. The summed E-state index contributed by atoms with van der Waals surface area (Å²) in [4.78, 5) is 13.8. The van der Waals surface area contributed by atoms with Crippen LogP contribution in [0.15, 0.2) is 0 Å². The highest BCUT2D eigenvalue weighted by Gasteiger charge is 2.40. The second-order valence-electron chi connectivity index (χ2n) is 4.24. The van der Waals surface area contributed by atoms with Gasteiger partial charge >= 0.3 is 5.97 Å². The summed E-state index contributed by atoms with van der Waals surface area (Å²) in [6, 6.07) is 1.91. The Kier molecular flexibility index (Phi) is 5.95. The number of hydrogen-bond donors (Lipinski definition) is 0. The van der Waals surface area contributed by atoms with E-state index in [9.17, 15) is 4.79 Å². The molecule has 0 aliphatic heterocycles. The second kappa shape index (κ2) is 7.25. The minimum absolute atomic E-state index is 0.193. The Bertz CT molecular complexity index is 284. The molecular weight excluding hydrogens is 220 g/mol. The third-order valence-electron chi connectivity index (χ3n) is 3.00. The molecule has 1 saturated carbocycles. The first-order valence-electron chi connectivity index (χ1n) is 5.92. The molecule has 1 aliphatic rings. The molecule has 1 aliphatic carbocycles. The summed E-state index contributed by atoms with van der Waals surface area (Å²) in [5.41, 5.74) is 0. The van der Waals surface area contributed by atoms with Gasteiger partial charge in [0.15, 0.2) is 0 Å². The van der Waals surface area contributed by atoms with Crippen molar-refractivity contribution in [1.29, 1.82) is 5.26 Å². The molecular formula is C12H20N2O3. The lowest BCUT2D eigenvalue weighted by atomic mass is 10.1. The topological polar surface area (TPSA) is 62.6 Å². The van der Waals surface area contributed by atoms with Crippen LogP contribution >= 0.6 is 0 Å². The van der Waals surface area contributed by atoms with E-state index in [1.807, 2.05) is 4.90 Å². The van der Waals surface area contributed by atoms with E-state index in [1.165, 1.54) is 7.11 Å². The SMILES string of the molecule is COCCN(CCC#N)C(C(=O)OC)C1CC1. The van der Waals surface area contributed by atoms with Crippen LogP contribution in [0.2, 0.25) is 0 Å². The monoisotopic (exact) mass is 240 g/mol. The zero-order valence-corrected chi connectivity index (χ0v) is 10.5. The highest BCUT2D eigenvalue weighted by Crippen LogP contribution is 2.36. The molecule has 1 rings (SSSR count). The predicted molar refractivity (Wildman–Crippen MR) is 62.2 cm³/mol. The van der Waals surface area contributed by atoms with Crippen molar-refractivity contribution in [1.82, 2.24) is 4.90 Å². The Morgan fingerprint density at radius 3 is 2.65 bits per heavy atom. The van der Waals surface area contributed by atoms with E-state index in [-0.39, 0.29) is 12.0 Å². The van der Waals surface area contributed by atoms with E-state index in [1.54, 1.807) is 7.11 Å². The highest BCUT2D eigenvalue weighted by atomic mass is 16.5. The van der Waals surface area contributed by atoms with Crippen LogP contribution in [0.3, 0.4) is 0 Å². The number of nitriles is 1. The molecule has 5 heteroatoms. The summed E-state index contributed by atoms with van der Waals surface area (Å²) in [6.07, 6.45) is 2.55. The maximum absolute atomic E-state index is 11.8. The zero-order valence-electron chi connectivity index (χ0n) is 10.5. The van der Waals surface area contributed by atoms with Crippen molar-refractivity contribution in [3.63, 3.8) is 0 Å². The average Bonchev–Trinajstić information content (AvgIpc) is 3.16. The standard InChI is InChI=1S/C12H20N2O3/c1-16-9-8-14(7-3-6-13)11(10-4-5-10)12(15)17-2/h10-11H,3-5,7-9H2,1-2H3. The Morgan fingerprint density at radius 2 is 2.18 bits per heavy atom. The zero-order chi connectivity index (χ0) is 12.7. The Hall–Kier alpha value is -1.12. The first-order chi connectivity index (χ1) is 8.24. The maximum atomic E-state index is 11.8. The molecule has 0 aromatic rings. The number of ether oxygens (including phenoxy) is 2. The van der Waals surface area contributed by atoms with Crippen LogP contribution in [0.4, 0.5) is 0 Å². The molecule has 96 valence electrons. The van der Waals surface area contributed by atoms with Crippen molar-refractivity contribution in [3.05, 3.63) is 0 Å². The van der Waals surface area contributed by atoms with Gasteiger partial charge in [-0.15, -0.1) is 0 Å². The minimum atomic E-state index is -0.205. The summed E-state index contributed by atoms with van der Waals surface area (Å²) in [5.74, 6) is 0.194. The van der Waals surface area contributed by atoms with Crippen LogP contribution < -0.4 is 0 Å². The molecule has 0 spiro atoms. The van der Waals surface area contributed by atoms with Crippen LogP contribution in [0.25, 0.3) is 0 Å². The third-order valence-corrected chi connectivity index (χ3v) is 3.00. The Balaban J connectivity index is 2.61. The van der Waals surface area contributed by atoms with Crippen LogP contribution in [0.5, 0.6) is 0 Å². The van der Waals surface area contributed by atoms with E-state index in [2.05, 4.69) is 6.07 Å². The molecule has 1 unspecified atom stereocenters. The number of esters is 1. The fourth-order valence-electron chi connectivity index (χ4n) is 1.96. The largest absolute Gasteiger partial charge is 0.468 e. The van der Waals surface area contributed by atoms with Crippen molar-refractivity contribution in [3.8, 4) is 6.07 Å². The number of carbonyl (C=O) groups excluding carboxylic acids is 1. The molecule has 0 heterocycles. The van der Waals surface area contributed by atoms with Gasteiger partial charge in [0.1, 0.15) is 6.04 Å². The van der Waals surface area contributed by atoms with Crippen molar-refractivity contribution in [2.45, 2.75) is 25.3 Å². The van der Waals surface area contributed by atoms with Crippen LogP contribution in [0.1, 0.15) is 19.3 Å². The molecule has 0 radical (unpaired) electrons. The average molecular weight is 240 g/mol. The normalized spacial score (nSPS) is 16.6. The van der Waals surface area contributed by atoms with Crippen LogP contribution in [-0.2, 0) is 14.3 Å². The molecule has 1 fully saturated rings. The van der Waals surface area contributed by atoms with E-state index in [4.69, 9.17) is 14.7 Å². The highest BCUT2D eigenvalue weighted by molar-refractivity contribution is 5.76. The molecule has 1 atom stereocenters. The first kappa shape index (κ1) is 13.9. The number of hydrogen-bond acceptors (Lipinski definition) is 5. The van der Waals surface area contributed by atoms with E-state index >= 15 is 0 Å². The first-order valence-corrected chi connectivity index (χ1v) is 5.92. The molecule has 0 N–H and O–H groups in total. The van der Waals surface area contributed by atoms with Crippen LogP contribution in [0, 0.1) is 17.2 Å². The molecule has 17 heavy (non-hydrogen) atoms. The van der Waals surface area contributed by atoms with Crippen molar-refractivity contribution >= 4 is 5.97 Å².